The van der Waals surface area contributed by atoms with Gasteiger partial charge in [0.15, 0.2) is 11.5 Å². The van der Waals surface area contributed by atoms with Crippen molar-refractivity contribution in [3.8, 4) is 17.2 Å². The predicted molar refractivity (Wildman–Crippen MR) is 123 cm³/mol. The highest BCUT2D eigenvalue weighted by Crippen LogP contribution is 2.39. The minimum atomic E-state index is 0.283. The quantitative estimate of drug-likeness (QED) is 0.648. The largest absolute Gasteiger partial charge is 0.493 e. The van der Waals surface area contributed by atoms with Crippen LogP contribution in [0.3, 0.4) is 0 Å². The Balaban J connectivity index is 1.60. The molecule has 1 saturated heterocycles. The summed E-state index contributed by atoms with van der Waals surface area (Å²) in [6, 6.07) is 4.05. The summed E-state index contributed by atoms with van der Waals surface area (Å²) in [5.74, 6) is 4.28. The van der Waals surface area contributed by atoms with Crippen LogP contribution < -0.4 is 19.1 Å². The lowest BCUT2D eigenvalue weighted by Gasteiger charge is -2.34. The number of hydrogen-bond donors (Lipinski definition) is 0. The zero-order chi connectivity index (χ0) is 22.7. The van der Waals surface area contributed by atoms with Gasteiger partial charge in [0, 0.05) is 44.2 Å². The van der Waals surface area contributed by atoms with E-state index in [-0.39, 0.29) is 5.92 Å². The van der Waals surface area contributed by atoms with Gasteiger partial charge in [0.1, 0.15) is 11.6 Å². The molecule has 1 aromatic heterocycles. The van der Waals surface area contributed by atoms with Crippen LogP contribution in [0.4, 0.5) is 5.82 Å². The number of hydrogen-bond acceptors (Lipinski definition) is 8. The Labute approximate surface area is 190 Å². The Hall–Kier alpha value is -2.58. The van der Waals surface area contributed by atoms with Gasteiger partial charge in [0.25, 0.3) is 0 Å². The molecule has 1 aromatic carbocycles. The lowest BCUT2D eigenvalue weighted by Crippen LogP contribution is -2.39. The van der Waals surface area contributed by atoms with Crippen LogP contribution in [0.15, 0.2) is 12.1 Å². The van der Waals surface area contributed by atoms with Crippen LogP contribution in [0.5, 0.6) is 17.2 Å². The van der Waals surface area contributed by atoms with Crippen LogP contribution >= 0.6 is 0 Å². The van der Waals surface area contributed by atoms with Crippen LogP contribution in [0.1, 0.15) is 42.4 Å². The van der Waals surface area contributed by atoms with Gasteiger partial charge in [0.05, 0.1) is 40.2 Å². The predicted octanol–water partition coefficient (Wildman–Crippen LogP) is 3.02. The third kappa shape index (κ3) is 4.61. The summed E-state index contributed by atoms with van der Waals surface area (Å²) >= 11 is 0. The maximum atomic E-state index is 5.56. The molecule has 3 heterocycles. The Morgan fingerprint density at radius 2 is 1.66 bits per heavy atom. The maximum absolute atomic E-state index is 5.56. The number of morpholine rings is 1. The summed E-state index contributed by atoms with van der Waals surface area (Å²) in [4.78, 5) is 14.7. The van der Waals surface area contributed by atoms with Gasteiger partial charge >= 0.3 is 0 Å². The molecule has 0 saturated carbocycles. The molecular formula is C24H34N4O4. The molecule has 0 spiro atoms. The number of aromatic nitrogens is 2. The van der Waals surface area contributed by atoms with Crippen LogP contribution in [-0.4, -0.2) is 69.0 Å². The summed E-state index contributed by atoms with van der Waals surface area (Å²) in [6.07, 6.45) is 0.935. The molecule has 8 heteroatoms. The second-order valence-electron chi connectivity index (χ2n) is 8.58. The van der Waals surface area contributed by atoms with E-state index in [0.717, 1.165) is 75.3 Å². The van der Waals surface area contributed by atoms with Gasteiger partial charge in [-0.25, -0.2) is 9.97 Å². The van der Waals surface area contributed by atoms with Gasteiger partial charge < -0.3 is 23.8 Å². The number of fused-ring (bicyclic) bond motifs is 1. The van der Waals surface area contributed by atoms with Crippen LogP contribution in [-0.2, 0) is 24.2 Å². The molecule has 0 unspecified atom stereocenters. The fraction of sp³-hybridized carbons (Fsp3) is 0.583. The molecule has 0 radical (unpaired) electrons. The first-order valence-corrected chi connectivity index (χ1v) is 11.3. The second-order valence-corrected chi connectivity index (χ2v) is 8.58. The summed E-state index contributed by atoms with van der Waals surface area (Å²) in [6.45, 7) is 10.1. The van der Waals surface area contributed by atoms with Gasteiger partial charge in [-0.2, -0.15) is 0 Å². The molecule has 0 amide bonds. The van der Waals surface area contributed by atoms with Crippen molar-refractivity contribution in [2.24, 2.45) is 0 Å². The minimum absolute atomic E-state index is 0.283. The highest BCUT2D eigenvalue weighted by molar-refractivity contribution is 5.54. The van der Waals surface area contributed by atoms with Crippen molar-refractivity contribution in [2.75, 3.05) is 59.1 Å². The SMILES string of the molecule is COc1cc(CN2CCc3c(nc(C(C)C)nc3N3CCOCC3)C2)cc(OC)c1OC. The van der Waals surface area contributed by atoms with Crippen molar-refractivity contribution in [2.45, 2.75) is 39.3 Å². The van der Waals surface area contributed by atoms with Crippen molar-refractivity contribution >= 4 is 5.82 Å². The number of methoxy groups -OCH3 is 3. The topological polar surface area (TPSA) is 69.2 Å². The Morgan fingerprint density at radius 1 is 0.969 bits per heavy atom. The molecule has 2 aliphatic rings. The molecule has 0 aliphatic carbocycles. The lowest BCUT2D eigenvalue weighted by molar-refractivity contribution is 0.122. The molecule has 2 aliphatic heterocycles. The van der Waals surface area contributed by atoms with E-state index in [1.54, 1.807) is 21.3 Å². The minimum Gasteiger partial charge on any atom is -0.493 e. The van der Waals surface area contributed by atoms with Gasteiger partial charge in [0.2, 0.25) is 5.75 Å². The van der Waals surface area contributed by atoms with E-state index in [1.807, 2.05) is 12.1 Å². The third-order valence-electron chi connectivity index (χ3n) is 6.10. The summed E-state index contributed by atoms with van der Waals surface area (Å²) in [5.41, 5.74) is 3.55. The molecule has 174 valence electrons. The van der Waals surface area contributed by atoms with Crippen molar-refractivity contribution in [3.63, 3.8) is 0 Å². The van der Waals surface area contributed by atoms with Gasteiger partial charge in [-0.05, 0) is 24.1 Å². The maximum Gasteiger partial charge on any atom is 0.203 e. The normalized spacial score (nSPS) is 16.8. The number of ether oxygens (including phenoxy) is 4. The van der Waals surface area contributed by atoms with Gasteiger partial charge in [-0.3, -0.25) is 4.90 Å². The van der Waals surface area contributed by atoms with Crippen molar-refractivity contribution in [3.05, 3.63) is 34.8 Å². The summed E-state index contributed by atoms with van der Waals surface area (Å²) in [5, 5.41) is 0. The van der Waals surface area contributed by atoms with E-state index in [0.29, 0.717) is 17.2 Å². The average Bonchev–Trinajstić information content (AvgIpc) is 2.82. The number of rotatable bonds is 7. The third-order valence-corrected chi connectivity index (χ3v) is 6.10. The molecule has 0 atom stereocenters. The zero-order valence-electron chi connectivity index (χ0n) is 19.8. The number of benzene rings is 1. The van der Waals surface area contributed by atoms with E-state index >= 15 is 0 Å². The fourth-order valence-corrected chi connectivity index (χ4v) is 4.40. The molecule has 0 N–H and O–H groups in total. The van der Waals surface area contributed by atoms with Crippen molar-refractivity contribution < 1.29 is 18.9 Å². The number of anilines is 1. The van der Waals surface area contributed by atoms with E-state index in [1.165, 1.54) is 5.56 Å². The Kier molecular flexibility index (Phi) is 7.01. The molecule has 4 rings (SSSR count). The average molecular weight is 443 g/mol. The molecule has 2 aromatic rings. The highest BCUT2D eigenvalue weighted by Gasteiger charge is 2.27. The highest BCUT2D eigenvalue weighted by atomic mass is 16.5. The van der Waals surface area contributed by atoms with Crippen LogP contribution in [0.25, 0.3) is 0 Å². The first-order valence-electron chi connectivity index (χ1n) is 11.3. The smallest absolute Gasteiger partial charge is 0.203 e. The van der Waals surface area contributed by atoms with E-state index in [9.17, 15) is 0 Å². The Morgan fingerprint density at radius 3 is 2.25 bits per heavy atom. The van der Waals surface area contributed by atoms with E-state index < -0.39 is 0 Å². The first-order chi connectivity index (χ1) is 15.5. The summed E-state index contributed by atoms with van der Waals surface area (Å²) < 4.78 is 22.1. The van der Waals surface area contributed by atoms with Gasteiger partial charge in [-0.15, -0.1) is 0 Å². The monoisotopic (exact) mass is 442 g/mol. The first kappa shape index (κ1) is 22.6. The standard InChI is InChI=1S/C24H34N4O4/c1-16(2)23-25-19-15-27(7-6-18(19)24(26-23)28-8-10-32-11-9-28)14-17-12-20(29-3)22(31-5)21(13-17)30-4/h12-13,16H,6-11,14-15H2,1-5H3. The zero-order valence-corrected chi connectivity index (χ0v) is 19.8. The molecular weight excluding hydrogens is 408 g/mol. The molecule has 32 heavy (non-hydrogen) atoms. The second kappa shape index (κ2) is 9.92. The van der Waals surface area contributed by atoms with Crippen LogP contribution in [0.2, 0.25) is 0 Å². The Bertz CT molecular complexity index is 919. The molecule has 1 fully saturated rings. The van der Waals surface area contributed by atoms with Crippen LogP contribution in [0, 0.1) is 0 Å². The molecule has 0 bridgehead atoms. The van der Waals surface area contributed by atoms with E-state index in [4.69, 9.17) is 28.9 Å². The van der Waals surface area contributed by atoms with Crippen molar-refractivity contribution in [1.82, 2.24) is 14.9 Å². The fourth-order valence-electron chi connectivity index (χ4n) is 4.40. The molecule has 8 nitrogen and oxygen atoms in total. The van der Waals surface area contributed by atoms with Crippen molar-refractivity contribution in [1.29, 1.82) is 0 Å². The van der Waals surface area contributed by atoms with E-state index in [2.05, 4.69) is 23.6 Å². The summed E-state index contributed by atoms with van der Waals surface area (Å²) in [7, 11) is 4.92. The number of nitrogens with zero attached hydrogens (tertiary/aromatic N) is 4. The lowest BCUT2D eigenvalue weighted by atomic mass is 10.0. The van der Waals surface area contributed by atoms with Gasteiger partial charge in [-0.1, -0.05) is 13.8 Å².